The van der Waals surface area contributed by atoms with Crippen LogP contribution in [0.5, 0.6) is 0 Å². The van der Waals surface area contributed by atoms with E-state index >= 15 is 0 Å². The predicted molar refractivity (Wildman–Crippen MR) is 89.9 cm³/mol. The molecule has 0 radical (unpaired) electrons. The fraction of sp³-hybridized carbons (Fsp3) is 0.632. The van der Waals surface area contributed by atoms with Gasteiger partial charge in [-0.15, -0.1) is 0 Å². The van der Waals surface area contributed by atoms with Gasteiger partial charge >= 0.3 is 0 Å². The van der Waals surface area contributed by atoms with E-state index in [1.54, 1.807) is 0 Å². The standard InChI is InChI=1S/C19H25NO4/c1-19(2)10-23-18(20-19)12-6-4-3-5-11(12)17(22)16-13(9-21)14-7-8-15(16)24-14/h3-6,13-17,21-22H,7-10H2,1-2H3/t13-,14-,15+,16-,17?/m1/s1. The van der Waals surface area contributed by atoms with Crippen LogP contribution in [0.3, 0.4) is 0 Å². The Morgan fingerprint density at radius 1 is 1.25 bits per heavy atom. The Bertz CT molecular complexity index is 657. The highest BCUT2D eigenvalue weighted by molar-refractivity contribution is 5.97. The van der Waals surface area contributed by atoms with Crippen molar-refractivity contribution in [3.63, 3.8) is 0 Å². The zero-order valence-corrected chi connectivity index (χ0v) is 14.2. The van der Waals surface area contributed by atoms with E-state index in [4.69, 9.17) is 9.47 Å². The molecule has 0 aliphatic carbocycles. The van der Waals surface area contributed by atoms with E-state index < -0.39 is 6.10 Å². The third-order valence-electron chi connectivity index (χ3n) is 5.54. The van der Waals surface area contributed by atoms with Crippen molar-refractivity contribution in [3.05, 3.63) is 35.4 Å². The van der Waals surface area contributed by atoms with Crippen molar-refractivity contribution in [2.24, 2.45) is 16.8 Å². The topological polar surface area (TPSA) is 71.3 Å². The number of aliphatic hydroxyl groups is 2. The minimum absolute atomic E-state index is 0.00492. The number of ether oxygens (including phenoxy) is 2. The first-order valence-electron chi connectivity index (χ1n) is 8.76. The summed E-state index contributed by atoms with van der Waals surface area (Å²) in [6.07, 6.45) is 1.34. The summed E-state index contributed by atoms with van der Waals surface area (Å²) in [4.78, 5) is 4.65. The summed E-state index contributed by atoms with van der Waals surface area (Å²) in [7, 11) is 0. The van der Waals surface area contributed by atoms with Gasteiger partial charge in [-0.3, -0.25) is 0 Å². The van der Waals surface area contributed by atoms with E-state index in [0.29, 0.717) is 12.5 Å². The fourth-order valence-electron chi connectivity index (χ4n) is 4.37. The maximum Gasteiger partial charge on any atom is 0.217 e. The molecular formula is C19H25NO4. The lowest BCUT2D eigenvalue weighted by atomic mass is 9.74. The van der Waals surface area contributed by atoms with E-state index in [1.165, 1.54) is 0 Å². The molecule has 0 saturated carbocycles. The molecule has 1 aromatic rings. The van der Waals surface area contributed by atoms with Crippen LogP contribution in [0, 0.1) is 11.8 Å². The van der Waals surface area contributed by atoms with Gasteiger partial charge in [-0.2, -0.15) is 0 Å². The Morgan fingerprint density at radius 2 is 2.00 bits per heavy atom. The minimum atomic E-state index is -0.691. The van der Waals surface area contributed by atoms with Gasteiger partial charge in [0.25, 0.3) is 0 Å². The van der Waals surface area contributed by atoms with Crippen LogP contribution in [0.25, 0.3) is 0 Å². The summed E-state index contributed by atoms with van der Waals surface area (Å²) in [6.45, 7) is 4.66. The molecule has 2 N–H and O–H groups in total. The number of rotatable bonds is 4. The number of hydrogen-bond acceptors (Lipinski definition) is 5. The smallest absolute Gasteiger partial charge is 0.217 e. The lowest BCUT2D eigenvalue weighted by Gasteiger charge is -2.31. The molecule has 2 fully saturated rings. The largest absolute Gasteiger partial charge is 0.475 e. The highest BCUT2D eigenvalue weighted by Crippen LogP contribution is 2.49. The van der Waals surface area contributed by atoms with E-state index in [2.05, 4.69) is 4.99 Å². The minimum Gasteiger partial charge on any atom is -0.475 e. The lowest BCUT2D eigenvalue weighted by Crippen LogP contribution is -2.34. The van der Waals surface area contributed by atoms with E-state index in [-0.39, 0.29) is 36.2 Å². The normalized spacial score (nSPS) is 34.9. The molecule has 130 valence electrons. The molecular weight excluding hydrogens is 306 g/mol. The summed E-state index contributed by atoms with van der Waals surface area (Å²) in [5, 5.41) is 20.9. The molecule has 2 bridgehead atoms. The Labute approximate surface area is 142 Å². The average Bonchev–Trinajstić information content (AvgIpc) is 3.27. The number of aliphatic imine (C=N–C) groups is 1. The zero-order chi connectivity index (χ0) is 16.9. The molecule has 5 atom stereocenters. The van der Waals surface area contributed by atoms with E-state index in [9.17, 15) is 10.2 Å². The number of hydrogen-bond donors (Lipinski definition) is 2. The van der Waals surface area contributed by atoms with Crippen LogP contribution in [0.2, 0.25) is 0 Å². The van der Waals surface area contributed by atoms with Crippen molar-refractivity contribution in [2.75, 3.05) is 13.2 Å². The second kappa shape index (κ2) is 5.83. The van der Waals surface area contributed by atoms with Crippen LogP contribution < -0.4 is 0 Å². The van der Waals surface area contributed by atoms with Gasteiger partial charge in [0.2, 0.25) is 5.90 Å². The van der Waals surface area contributed by atoms with Crippen LogP contribution in [0.4, 0.5) is 0 Å². The third kappa shape index (κ3) is 2.55. The fourth-order valence-corrected chi connectivity index (χ4v) is 4.37. The Kier molecular flexibility index (Phi) is 3.90. The van der Waals surface area contributed by atoms with Crippen molar-refractivity contribution in [3.8, 4) is 0 Å². The summed E-state index contributed by atoms with van der Waals surface area (Å²) < 4.78 is 11.7. The van der Waals surface area contributed by atoms with Crippen molar-refractivity contribution >= 4 is 5.90 Å². The molecule has 1 aromatic carbocycles. The Balaban J connectivity index is 1.67. The van der Waals surface area contributed by atoms with E-state index in [1.807, 2.05) is 38.1 Å². The van der Waals surface area contributed by atoms with Gasteiger partial charge in [0.1, 0.15) is 6.61 Å². The second-order valence-corrected chi connectivity index (χ2v) is 7.76. The molecule has 3 aliphatic rings. The maximum absolute atomic E-state index is 11.1. The zero-order valence-electron chi connectivity index (χ0n) is 14.2. The number of aliphatic hydroxyl groups excluding tert-OH is 2. The Morgan fingerprint density at radius 3 is 2.71 bits per heavy atom. The SMILES string of the molecule is CC1(C)COC(c2ccccc2C(O)[C@@H]2[C@H](CO)[C@H]3CC[C@@H]2O3)=N1. The van der Waals surface area contributed by atoms with Gasteiger partial charge in [-0.05, 0) is 38.3 Å². The van der Waals surface area contributed by atoms with Gasteiger partial charge in [0, 0.05) is 24.0 Å². The first-order chi connectivity index (χ1) is 11.5. The Hall–Kier alpha value is -1.43. The number of nitrogens with zero attached hydrogens (tertiary/aromatic N) is 1. The van der Waals surface area contributed by atoms with Crippen molar-refractivity contribution in [1.29, 1.82) is 0 Å². The third-order valence-corrected chi connectivity index (χ3v) is 5.54. The molecule has 24 heavy (non-hydrogen) atoms. The second-order valence-electron chi connectivity index (χ2n) is 7.76. The molecule has 2 saturated heterocycles. The van der Waals surface area contributed by atoms with Crippen LogP contribution in [-0.4, -0.2) is 47.1 Å². The van der Waals surface area contributed by atoms with Crippen molar-refractivity contribution in [2.45, 2.75) is 50.5 Å². The van der Waals surface area contributed by atoms with Crippen LogP contribution >= 0.6 is 0 Å². The summed E-state index contributed by atoms with van der Waals surface area (Å²) in [5.74, 6) is 0.513. The summed E-state index contributed by atoms with van der Waals surface area (Å²) >= 11 is 0. The molecule has 0 aromatic heterocycles. The number of fused-ring (bicyclic) bond motifs is 2. The molecule has 4 rings (SSSR count). The molecule has 0 amide bonds. The average molecular weight is 331 g/mol. The molecule has 0 spiro atoms. The molecule has 3 heterocycles. The number of benzene rings is 1. The van der Waals surface area contributed by atoms with Crippen LogP contribution in [0.15, 0.2) is 29.3 Å². The lowest BCUT2D eigenvalue weighted by molar-refractivity contribution is 0.0302. The molecule has 5 nitrogen and oxygen atoms in total. The first-order valence-corrected chi connectivity index (χ1v) is 8.76. The van der Waals surface area contributed by atoms with Crippen LogP contribution in [-0.2, 0) is 9.47 Å². The monoisotopic (exact) mass is 331 g/mol. The van der Waals surface area contributed by atoms with Gasteiger partial charge in [-0.25, -0.2) is 4.99 Å². The van der Waals surface area contributed by atoms with Gasteiger partial charge in [0.15, 0.2) is 0 Å². The van der Waals surface area contributed by atoms with Gasteiger partial charge < -0.3 is 19.7 Å². The van der Waals surface area contributed by atoms with Gasteiger partial charge in [-0.1, -0.05) is 18.2 Å². The van der Waals surface area contributed by atoms with Crippen molar-refractivity contribution < 1.29 is 19.7 Å². The van der Waals surface area contributed by atoms with Gasteiger partial charge in [0.05, 0.1) is 23.9 Å². The highest BCUT2D eigenvalue weighted by Gasteiger charge is 2.52. The summed E-state index contributed by atoms with van der Waals surface area (Å²) in [5.41, 5.74) is 1.42. The molecule has 1 unspecified atom stereocenters. The van der Waals surface area contributed by atoms with Crippen molar-refractivity contribution in [1.82, 2.24) is 0 Å². The van der Waals surface area contributed by atoms with E-state index in [0.717, 1.165) is 24.0 Å². The molecule has 3 aliphatic heterocycles. The first kappa shape index (κ1) is 16.1. The quantitative estimate of drug-likeness (QED) is 0.886. The summed E-state index contributed by atoms with van der Waals surface area (Å²) in [6, 6.07) is 7.73. The maximum atomic E-state index is 11.1. The highest BCUT2D eigenvalue weighted by atomic mass is 16.5. The predicted octanol–water partition coefficient (Wildman–Crippen LogP) is 2.06. The van der Waals surface area contributed by atoms with Crippen LogP contribution in [0.1, 0.15) is 43.9 Å². The molecule has 5 heteroatoms.